The molecule has 1 aliphatic carbocycles. The van der Waals surface area contributed by atoms with E-state index in [1.54, 1.807) is 4.31 Å². The van der Waals surface area contributed by atoms with Gasteiger partial charge < -0.3 is 9.72 Å². The van der Waals surface area contributed by atoms with Gasteiger partial charge in [-0.15, -0.1) is 0 Å². The van der Waals surface area contributed by atoms with Crippen LogP contribution in [0.15, 0.2) is 66.7 Å². The second kappa shape index (κ2) is 9.09. The highest BCUT2D eigenvalue weighted by atomic mass is 32.2. The third-order valence-corrected chi connectivity index (χ3v) is 9.32. The number of aromatic nitrogens is 3. The van der Waals surface area contributed by atoms with Crippen molar-refractivity contribution in [3.8, 4) is 17.1 Å². The molecule has 2 aromatic heterocycles. The molecule has 0 atom stereocenters. The molecule has 1 aliphatic heterocycles. The Labute approximate surface area is 205 Å². The number of hydrogen-bond donors (Lipinski definition) is 1. The summed E-state index contributed by atoms with van der Waals surface area (Å²) in [6.07, 6.45) is 3.22. The molecule has 180 valence electrons. The molecule has 0 bridgehead atoms. The fraction of sp³-hybridized carbons (Fsp3) is 0.333. The van der Waals surface area contributed by atoms with Gasteiger partial charge in [-0.05, 0) is 67.6 Å². The Morgan fingerprint density at radius 2 is 1.63 bits per heavy atom. The summed E-state index contributed by atoms with van der Waals surface area (Å²) in [5, 5.41) is -0.138. The van der Waals surface area contributed by atoms with Crippen molar-refractivity contribution >= 4 is 21.2 Å². The summed E-state index contributed by atoms with van der Waals surface area (Å²) in [4.78, 5) is 12.9. The molecule has 8 heteroatoms. The van der Waals surface area contributed by atoms with E-state index < -0.39 is 10.0 Å². The van der Waals surface area contributed by atoms with Crippen molar-refractivity contribution in [2.75, 3.05) is 13.1 Å². The quantitative estimate of drug-likeness (QED) is 0.401. The van der Waals surface area contributed by atoms with Gasteiger partial charge in [0.1, 0.15) is 18.2 Å². The molecule has 7 nitrogen and oxygen atoms in total. The highest BCUT2D eigenvalue weighted by Crippen LogP contribution is 2.35. The van der Waals surface area contributed by atoms with Crippen LogP contribution < -0.4 is 4.74 Å². The van der Waals surface area contributed by atoms with Crippen molar-refractivity contribution < 1.29 is 13.2 Å². The van der Waals surface area contributed by atoms with Crippen molar-refractivity contribution in [2.24, 2.45) is 0 Å². The first-order valence-corrected chi connectivity index (χ1v) is 13.7. The van der Waals surface area contributed by atoms with Crippen LogP contribution in [-0.4, -0.2) is 46.0 Å². The smallest absolute Gasteiger partial charge is 0.216 e. The number of rotatable bonds is 7. The highest BCUT2D eigenvalue weighted by Gasteiger charge is 2.41. The second-order valence-corrected chi connectivity index (χ2v) is 11.6. The number of piperidine rings is 1. The Morgan fingerprint density at radius 1 is 0.886 bits per heavy atom. The standard InChI is InChI=1S/C27H28N4O3S/c32-35(33,23-10-11-23)31-16-14-20(15-17-31)24-12-13-25-27(28-24)30-26(29-25)21-6-8-22(9-7-21)34-18-19-4-2-1-3-5-19/h1-9,12-13,20,23H,10-11,14-18H2,(H,28,29,30). The number of benzene rings is 2. The van der Waals surface area contributed by atoms with Crippen LogP contribution in [-0.2, 0) is 16.6 Å². The zero-order valence-corrected chi connectivity index (χ0v) is 20.2. The van der Waals surface area contributed by atoms with E-state index in [0.29, 0.717) is 25.3 Å². The van der Waals surface area contributed by atoms with Gasteiger partial charge >= 0.3 is 0 Å². The molecule has 0 amide bonds. The lowest BCUT2D eigenvalue weighted by atomic mass is 9.94. The van der Waals surface area contributed by atoms with Crippen LogP contribution in [0.25, 0.3) is 22.6 Å². The summed E-state index contributed by atoms with van der Waals surface area (Å²) in [5.74, 6) is 1.83. The van der Waals surface area contributed by atoms with Crippen LogP contribution in [0.3, 0.4) is 0 Å². The Kier molecular flexibility index (Phi) is 5.78. The van der Waals surface area contributed by atoms with Gasteiger partial charge in [-0.25, -0.2) is 22.7 Å². The molecule has 1 N–H and O–H groups in total. The van der Waals surface area contributed by atoms with Gasteiger partial charge in [0.25, 0.3) is 0 Å². The van der Waals surface area contributed by atoms with Gasteiger partial charge in [0.2, 0.25) is 10.0 Å². The van der Waals surface area contributed by atoms with Gasteiger partial charge in [-0.3, -0.25) is 0 Å². The molecule has 2 aromatic carbocycles. The van der Waals surface area contributed by atoms with E-state index in [0.717, 1.165) is 59.6 Å². The van der Waals surface area contributed by atoms with E-state index >= 15 is 0 Å². The fourth-order valence-electron chi connectivity index (χ4n) is 4.70. The van der Waals surface area contributed by atoms with E-state index in [-0.39, 0.29) is 11.2 Å². The number of pyridine rings is 1. The SMILES string of the molecule is O=S(=O)(C1CC1)N1CCC(c2ccc3[nH]c(-c4ccc(OCc5ccccc5)cc4)nc3n2)CC1. The van der Waals surface area contributed by atoms with Crippen LogP contribution in [0.2, 0.25) is 0 Å². The maximum atomic E-state index is 12.5. The van der Waals surface area contributed by atoms with E-state index in [1.807, 2.05) is 66.7 Å². The number of ether oxygens (including phenoxy) is 1. The lowest BCUT2D eigenvalue weighted by Gasteiger charge is -2.31. The van der Waals surface area contributed by atoms with Crippen LogP contribution in [0, 0.1) is 0 Å². The summed E-state index contributed by atoms with van der Waals surface area (Å²) in [5.41, 5.74) is 4.67. The zero-order chi connectivity index (χ0) is 23.8. The summed E-state index contributed by atoms with van der Waals surface area (Å²) in [7, 11) is -3.09. The van der Waals surface area contributed by atoms with Crippen molar-refractivity contribution in [1.82, 2.24) is 19.3 Å². The average molecular weight is 489 g/mol. The Balaban J connectivity index is 1.13. The van der Waals surface area contributed by atoms with Crippen LogP contribution >= 0.6 is 0 Å². The van der Waals surface area contributed by atoms with E-state index in [1.165, 1.54) is 0 Å². The molecule has 6 rings (SSSR count). The number of hydrogen-bond acceptors (Lipinski definition) is 5. The number of imidazole rings is 1. The zero-order valence-electron chi connectivity index (χ0n) is 19.4. The minimum atomic E-state index is -3.09. The predicted octanol–water partition coefficient (Wildman–Crippen LogP) is 4.88. The molecule has 1 saturated heterocycles. The second-order valence-electron chi connectivity index (χ2n) is 9.41. The van der Waals surface area contributed by atoms with Crippen LogP contribution in [0.1, 0.15) is 42.9 Å². The molecule has 0 radical (unpaired) electrons. The lowest BCUT2D eigenvalue weighted by molar-refractivity contribution is 0.306. The van der Waals surface area contributed by atoms with Crippen molar-refractivity contribution in [2.45, 2.75) is 43.5 Å². The van der Waals surface area contributed by atoms with Gasteiger partial charge in [0.15, 0.2) is 5.65 Å². The van der Waals surface area contributed by atoms with E-state index in [2.05, 4.69) is 4.98 Å². The summed E-state index contributed by atoms with van der Waals surface area (Å²) >= 11 is 0. The third kappa shape index (κ3) is 4.68. The average Bonchev–Trinajstić information content (AvgIpc) is 3.68. The van der Waals surface area contributed by atoms with Crippen molar-refractivity contribution in [3.05, 3.63) is 78.0 Å². The van der Waals surface area contributed by atoms with E-state index in [4.69, 9.17) is 14.7 Å². The Morgan fingerprint density at radius 3 is 2.34 bits per heavy atom. The molecule has 0 spiro atoms. The molecule has 35 heavy (non-hydrogen) atoms. The van der Waals surface area contributed by atoms with Gasteiger partial charge in [0.05, 0.1) is 10.8 Å². The molecule has 0 unspecified atom stereocenters. The number of aromatic amines is 1. The summed E-state index contributed by atoms with van der Waals surface area (Å²) < 4.78 is 32.6. The molecule has 4 aromatic rings. The minimum Gasteiger partial charge on any atom is -0.489 e. The molecule has 2 fully saturated rings. The number of sulfonamides is 1. The first-order valence-electron chi connectivity index (χ1n) is 12.2. The number of nitrogens with one attached hydrogen (secondary N) is 1. The topological polar surface area (TPSA) is 88.2 Å². The predicted molar refractivity (Wildman–Crippen MR) is 136 cm³/mol. The molecule has 2 aliphatic rings. The molecule has 3 heterocycles. The van der Waals surface area contributed by atoms with Gasteiger partial charge in [-0.1, -0.05) is 30.3 Å². The lowest BCUT2D eigenvalue weighted by Crippen LogP contribution is -2.39. The molecular weight excluding hydrogens is 460 g/mol. The monoisotopic (exact) mass is 488 g/mol. The van der Waals surface area contributed by atoms with Crippen LogP contribution in [0.4, 0.5) is 0 Å². The number of nitrogens with zero attached hydrogens (tertiary/aromatic N) is 3. The fourth-order valence-corrected chi connectivity index (χ4v) is 6.58. The minimum absolute atomic E-state index is 0.138. The third-order valence-electron chi connectivity index (χ3n) is 6.92. The van der Waals surface area contributed by atoms with E-state index in [9.17, 15) is 8.42 Å². The maximum absolute atomic E-state index is 12.5. The van der Waals surface area contributed by atoms with Crippen molar-refractivity contribution in [3.63, 3.8) is 0 Å². The number of H-pyrrole nitrogens is 1. The first kappa shape index (κ1) is 22.2. The van der Waals surface area contributed by atoms with Crippen LogP contribution in [0.5, 0.6) is 5.75 Å². The highest BCUT2D eigenvalue weighted by molar-refractivity contribution is 7.90. The summed E-state index contributed by atoms with van der Waals surface area (Å²) in [6.45, 7) is 1.68. The Bertz CT molecular complexity index is 1420. The largest absolute Gasteiger partial charge is 0.489 e. The maximum Gasteiger partial charge on any atom is 0.216 e. The van der Waals surface area contributed by atoms with Gasteiger partial charge in [0, 0.05) is 30.3 Å². The van der Waals surface area contributed by atoms with Crippen molar-refractivity contribution in [1.29, 1.82) is 0 Å². The number of fused-ring (bicyclic) bond motifs is 1. The normalized spacial score (nSPS) is 17.6. The first-order chi connectivity index (χ1) is 17.1. The molecular formula is C27H28N4O3S. The molecule has 1 saturated carbocycles. The van der Waals surface area contributed by atoms with Gasteiger partial charge in [-0.2, -0.15) is 0 Å². The summed E-state index contributed by atoms with van der Waals surface area (Å²) in [6, 6.07) is 22.1. The Hall–Kier alpha value is -3.23.